The van der Waals surface area contributed by atoms with E-state index in [2.05, 4.69) is 30.6 Å². The first-order valence-corrected chi connectivity index (χ1v) is 16.8. The molecule has 0 unspecified atom stereocenters. The first kappa shape index (κ1) is 34.4. The van der Waals surface area contributed by atoms with Crippen LogP contribution < -0.4 is 0 Å². The van der Waals surface area contributed by atoms with Crippen LogP contribution in [0.2, 0.25) is 0 Å². The van der Waals surface area contributed by atoms with E-state index >= 15 is 0 Å². The zero-order chi connectivity index (χ0) is 26.8. The monoisotopic (exact) mass is 523 g/mol. The summed E-state index contributed by atoms with van der Waals surface area (Å²) in [7, 11) is 0. The van der Waals surface area contributed by atoms with Crippen LogP contribution in [0.15, 0.2) is 0 Å². The molecule has 0 aromatic rings. The highest BCUT2D eigenvalue weighted by atomic mass is 16.5. The standard InChI is InChI=1S/C33H66N2O2/c1-4-7-13-21-32(22-14-8-5-2)23-19-31-37-33(36)24-15-11-10-12-16-26-34(25-9-6-3)29-20-30-35-27-17-18-28-35/h32H,4-31H2,1-3H3. The molecule has 0 bridgehead atoms. The van der Waals surface area contributed by atoms with Gasteiger partial charge in [0.1, 0.15) is 0 Å². The molecule has 4 nitrogen and oxygen atoms in total. The van der Waals surface area contributed by atoms with Gasteiger partial charge in [-0.05, 0) is 96.6 Å². The zero-order valence-corrected chi connectivity index (χ0v) is 25.6. The molecule has 0 aliphatic carbocycles. The maximum absolute atomic E-state index is 12.2. The molecule has 0 spiro atoms. The fourth-order valence-electron chi connectivity index (χ4n) is 5.81. The Kier molecular flexibility index (Phi) is 23.9. The quantitative estimate of drug-likeness (QED) is 0.0795. The Labute approximate surface area is 232 Å². The van der Waals surface area contributed by atoms with E-state index in [1.807, 2.05) is 0 Å². The number of nitrogens with zero attached hydrogens (tertiary/aromatic N) is 2. The van der Waals surface area contributed by atoms with Gasteiger partial charge in [-0.3, -0.25) is 4.79 Å². The van der Waals surface area contributed by atoms with Crippen molar-refractivity contribution < 1.29 is 9.53 Å². The lowest BCUT2D eigenvalue weighted by Crippen LogP contribution is -2.30. The van der Waals surface area contributed by atoms with Gasteiger partial charge in [0.25, 0.3) is 0 Å². The summed E-state index contributed by atoms with van der Waals surface area (Å²) in [6, 6.07) is 0. The van der Waals surface area contributed by atoms with Crippen LogP contribution in [0, 0.1) is 5.92 Å². The van der Waals surface area contributed by atoms with Crippen molar-refractivity contribution in [2.24, 2.45) is 5.92 Å². The molecule has 1 aliphatic rings. The van der Waals surface area contributed by atoms with Crippen LogP contribution in [0.1, 0.15) is 156 Å². The maximum Gasteiger partial charge on any atom is 0.305 e. The van der Waals surface area contributed by atoms with Crippen molar-refractivity contribution in [3.63, 3.8) is 0 Å². The molecular weight excluding hydrogens is 456 g/mol. The van der Waals surface area contributed by atoms with Gasteiger partial charge in [-0.15, -0.1) is 0 Å². The molecule has 1 saturated heterocycles. The fourth-order valence-corrected chi connectivity index (χ4v) is 5.81. The molecule has 0 aromatic carbocycles. The normalized spacial score (nSPS) is 14.3. The largest absolute Gasteiger partial charge is 0.466 e. The van der Waals surface area contributed by atoms with Crippen LogP contribution in [0.5, 0.6) is 0 Å². The van der Waals surface area contributed by atoms with Crippen molar-refractivity contribution in [2.45, 2.75) is 156 Å². The molecule has 1 aliphatic heterocycles. The zero-order valence-electron chi connectivity index (χ0n) is 25.6. The predicted molar refractivity (Wildman–Crippen MR) is 161 cm³/mol. The fraction of sp³-hybridized carbons (Fsp3) is 0.970. The average molecular weight is 523 g/mol. The van der Waals surface area contributed by atoms with E-state index in [4.69, 9.17) is 4.74 Å². The average Bonchev–Trinajstić information content (AvgIpc) is 3.42. The van der Waals surface area contributed by atoms with E-state index in [1.54, 1.807) is 0 Å². The van der Waals surface area contributed by atoms with Crippen LogP contribution in [0.3, 0.4) is 0 Å². The molecule has 1 rings (SSSR count). The molecule has 4 heteroatoms. The van der Waals surface area contributed by atoms with Crippen LogP contribution in [-0.4, -0.2) is 61.6 Å². The van der Waals surface area contributed by atoms with Crippen molar-refractivity contribution in [2.75, 3.05) is 45.9 Å². The molecule has 220 valence electrons. The topological polar surface area (TPSA) is 32.8 Å². The Morgan fingerprint density at radius 1 is 0.676 bits per heavy atom. The van der Waals surface area contributed by atoms with Gasteiger partial charge in [-0.1, -0.05) is 97.8 Å². The smallest absolute Gasteiger partial charge is 0.305 e. The third kappa shape index (κ3) is 21.0. The number of esters is 1. The van der Waals surface area contributed by atoms with Crippen molar-refractivity contribution in [1.29, 1.82) is 0 Å². The molecule has 0 atom stereocenters. The SMILES string of the molecule is CCCCCC(CCCCC)CCCOC(=O)CCCCCCCN(CCCC)CCCN1CCCC1. The van der Waals surface area contributed by atoms with E-state index in [0.717, 1.165) is 25.2 Å². The third-order valence-electron chi connectivity index (χ3n) is 8.28. The van der Waals surface area contributed by atoms with Crippen molar-refractivity contribution >= 4 is 5.97 Å². The summed E-state index contributed by atoms with van der Waals surface area (Å²) < 4.78 is 5.57. The highest BCUT2D eigenvalue weighted by Crippen LogP contribution is 2.22. The summed E-state index contributed by atoms with van der Waals surface area (Å²) >= 11 is 0. The van der Waals surface area contributed by atoms with Crippen molar-refractivity contribution in [3.8, 4) is 0 Å². The first-order valence-electron chi connectivity index (χ1n) is 16.8. The summed E-state index contributed by atoms with van der Waals surface area (Å²) in [5.41, 5.74) is 0. The van der Waals surface area contributed by atoms with Gasteiger partial charge < -0.3 is 14.5 Å². The molecule has 0 amide bonds. The van der Waals surface area contributed by atoms with Crippen molar-refractivity contribution in [1.82, 2.24) is 9.80 Å². The van der Waals surface area contributed by atoms with E-state index in [0.29, 0.717) is 13.0 Å². The Bertz CT molecular complexity index is 483. The molecule has 37 heavy (non-hydrogen) atoms. The number of hydrogen-bond acceptors (Lipinski definition) is 4. The van der Waals surface area contributed by atoms with Gasteiger partial charge in [0.15, 0.2) is 0 Å². The number of unbranched alkanes of at least 4 members (excludes halogenated alkanes) is 9. The highest BCUT2D eigenvalue weighted by molar-refractivity contribution is 5.69. The molecule has 1 heterocycles. The van der Waals surface area contributed by atoms with E-state index < -0.39 is 0 Å². The molecule has 0 saturated carbocycles. The predicted octanol–water partition coefficient (Wildman–Crippen LogP) is 9.02. The second kappa shape index (κ2) is 25.7. The minimum atomic E-state index is 0.0252. The minimum absolute atomic E-state index is 0.0252. The second-order valence-electron chi connectivity index (χ2n) is 11.8. The van der Waals surface area contributed by atoms with Crippen LogP contribution in [-0.2, 0) is 9.53 Å². The Balaban J connectivity index is 2.03. The Hall–Kier alpha value is -0.610. The van der Waals surface area contributed by atoms with Gasteiger partial charge in [0.2, 0.25) is 0 Å². The van der Waals surface area contributed by atoms with E-state index in [1.165, 1.54) is 148 Å². The summed E-state index contributed by atoms with van der Waals surface area (Å²) in [5, 5.41) is 0. The maximum atomic E-state index is 12.2. The number of rotatable bonds is 27. The van der Waals surface area contributed by atoms with Gasteiger partial charge >= 0.3 is 5.97 Å². The summed E-state index contributed by atoms with van der Waals surface area (Å²) in [6.45, 7) is 15.2. The van der Waals surface area contributed by atoms with Gasteiger partial charge in [0.05, 0.1) is 6.61 Å². The van der Waals surface area contributed by atoms with Gasteiger partial charge in [-0.25, -0.2) is 0 Å². The number of hydrogen-bond donors (Lipinski definition) is 0. The minimum Gasteiger partial charge on any atom is -0.466 e. The van der Waals surface area contributed by atoms with Crippen LogP contribution in [0.4, 0.5) is 0 Å². The molecular formula is C33H66N2O2. The van der Waals surface area contributed by atoms with Gasteiger partial charge in [0, 0.05) is 6.42 Å². The highest BCUT2D eigenvalue weighted by Gasteiger charge is 2.12. The number of likely N-dealkylation sites (tertiary alicyclic amines) is 1. The number of carbonyl (C=O) groups excluding carboxylic acids is 1. The van der Waals surface area contributed by atoms with E-state index in [9.17, 15) is 4.79 Å². The molecule has 0 radical (unpaired) electrons. The lowest BCUT2D eigenvalue weighted by atomic mass is 9.91. The summed E-state index contributed by atoms with van der Waals surface area (Å²) in [6.07, 6.45) is 26.4. The number of ether oxygens (including phenoxy) is 1. The van der Waals surface area contributed by atoms with Crippen LogP contribution >= 0.6 is 0 Å². The van der Waals surface area contributed by atoms with Crippen LogP contribution in [0.25, 0.3) is 0 Å². The lowest BCUT2D eigenvalue weighted by molar-refractivity contribution is -0.144. The van der Waals surface area contributed by atoms with Crippen molar-refractivity contribution in [3.05, 3.63) is 0 Å². The molecule has 0 aromatic heterocycles. The number of carbonyl (C=O) groups is 1. The Morgan fingerprint density at radius 2 is 1.24 bits per heavy atom. The Morgan fingerprint density at radius 3 is 1.92 bits per heavy atom. The summed E-state index contributed by atoms with van der Waals surface area (Å²) in [4.78, 5) is 17.5. The third-order valence-corrected chi connectivity index (χ3v) is 8.28. The second-order valence-corrected chi connectivity index (χ2v) is 11.8. The first-order chi connectivity index (χ1) is 18.2. The molecule has 1 fully saturated rings. The lowest BCUT2D eigenvalue weighted by Gasteiger charge is -2.23. The summed E-state index contributed by atoms with van der Waals surface area (Å²) in [5.74, 6) is 0.858. The van der Waals surface area contributed by atoms with E-state index in [-0.39, 0.29) is 5.97 Å². The molecule has 0 N–H and O–H groups in total. The van der Waals surface area contributed by atoms with Gasteiger partial charge in [-0.2, -0.15) is 0 Å².